The number of rotatable bonds is 2. The van der Waals surface area contributed by atoms with E-state index in [4.69, 9.17) is 0 Å². The number of hydrogen-bond acceptors (Lipinski definition) is 5. The minimum absolute atomic E-state index is 0.0847. The van der Waals surface area contributed by atoms with Crippen LogP contribution in [0, 0.1) is 6.92 Å². The summed E-state index contributed by atoms with van der Waals surface area (Å²) in [6, 6.07) is 5.48. The van der Waals surface area contributed by atoms with Crippen molar-refractivity contribution < 1.29 is 0 Å². The smallest absolute Gasteiger partial charge is 0.258 e. The molecule has 0 saturated carbocycles. The fourth-order valence-electron chi connectivity index (χ4n) is 3.96. The lowest BCUT2D eigenvalue weighted by Gasteiger charge is -2.28. The second-order valence-electron chi connectivity index (χ2n) is 7.66. The molecule has 0 spiro atoms. The van der Waals surface area contributed by atoms with E-state index in [0.29, 0.717) is 17.3 Å². The Kier molecular flexibility index (Phi) is 3.98. The van der Waals surface area contributed by atoms with E-state index < -0.39 is 0 Å². The second-order valence-corrected chi connectivity index (χ2v) is 7.66. The summed E-state index contributed by atoms with van der Waals surface area (Å²) in [4.78, 5) is 28.9. The number of hydrogen-bond donors (Lipinski definition) is 0. The molecule has 0 aliphatic carbocycles. The predicted molar refractivity (Wildman–Crippen MR) is 108 cm³/mol. The molecule has 1 fully saturated rings. The maximum absolute atomic E-state index is 12.8. The Morgan fingerprint density at radius 3 is 2.68 bits per heavy atom. The van der Waals surface area contributed by atoms with Crippen molar-refractivity contribution in [2.24, 2.45) is 0 Å². The summed E-state index contributed by atoms with van der Waals surface area (Å²) in [6.45, 7) is 4.08. The molecule has 0 N–H and O–H groups in total. The highest BCUT2D eigenvalue weighted by atomic mass is 16.1. The number of fused-ring (bicyclic) bond motifs is 2. The third kappa shape index (κ3) is 2.97. The van der Waals surface area contributed by atoms with Gasteiger partial charge >= 0.3 is 0 Å². The third-order valence-electron chi connectivity index (χ3n) is 5.57. The van der Waals surface area contributed by atoms with Crippen molar-refractivity contribution in [2.75, 3.05) is 20.1 Å². The Morgan fingerprint density at radius 2 is 1.86 bits per heavy atom. The van der Waals surface area contributed by atoms with Crippen LogP contribution in [0.3, 0.4) is 0 Å². The average molecular weight is 374 g/mol. The topological polar surface area (TPSA) is 67.8 Å². The van der Waals surface area contributed by atoms with Crippen LogP contribution in [0.15, 0.2) is 47.8 Å². The van der Waals surface area contributed by atoms with Gasteiger partial charge in [0.15, 0.2) is 5.65 Å². The van der Waals surface area contributed by atoms with Crippen molar-refractivity contribution in [2.45, 2.75) is 25.7 Å². The van der Waals surface area contributed by atoms with Gasteiger partial charge < -0.3 is 9.30 Å². The molecule has 0 radical (unpaired) electrons. The minimum Gasteiger partial charge on any atom is -0.306 e. The zero-order valence-electron chi connectivity index (χ0n) is 16.0. The highest BCUT2D eigenvalue weighted by molar-refractivity contribution is 5.62. The zero-order valence-corrected chi connectivity index (χ0v) is 16.0. The molecule has 7 heteroatoms. The van der Waals surface area contributed by atoms with Gasteiger partial charge in [-0.3, -0.25) is 14.2 Å². The van der Waals surface area contributed by atoms with Gasteiger partial charge in [0, 0.05) is 36.1 Å². The molecule has 1 saturated heterocycles. The third-order valence-corrected chi connectivity index (χ3v) is 5.57. The van der Waals surface area contributed by atoms with Crippen molar-refractivity contribution >= 4 is 11.3 Å². The molecule has 4 aromatic rings. The predicted octanol–water partition coefficient (Wildman–Crippen LogP) is 2.52. The van der Waals surface area contributed by atoms with Crippen LogP contribution >= 0.6 is 0 Å². The lowest BCUT2D eigenvalue weighted by atomic mass is 9.94. The largest absolute Gasteiger partial charge is 0.306 e. The van der Waals surface area contributed by atoms with Gasteiger partial charge in [-0.2, -0.15) is 0 Å². The summed E-state index contributed by atoms with van der Waals surface area (Å²) < 4.78 is 3.57. The normalized spacial score (nSPS) is 16.2. The molecule has 0 unspecified atom stereocenters. The first-order valence-corrected chi connectivity index (χ1v) is 9.60. The van der Waals surface area contributed by atoms with Crippen molar-refractivity contribution in [3.63, 3.8) is 0 Å². The Balaban J connectivity index is 1.54. The quantitative estimate of drug-likeness (QED) is 0.539. The van der Waals surface area contributed by atoms with Gasteiger partial charge in [0.2, 0.25) is 0 Å². The minimum atomic E-state index is -0.0847. The summed E-state index contributed by atoms with van der Waals surface area (Å²) >= 11 is 0. The van der Waals surface area contributed by atoms with E-state index in [-0.39, 0.29) is 5.56 Å². The van der Waals surface area contributed by atoms with E-state index in [0.717, 1.165) is 48.5 Å². The molecule has 7 nitrogen and oxygen atoms in total. The molecular formula is C21H22N6O. The van der Waals surface area contributed by atoms with Gasteiger partial charge in [-0.15, -0.1) is 0 Å². The maximum Gasteiger partial charge on any atom is 0.258 e. The molecule has 0 atom stereocenters. The average Bonchev–Trinajstić information content (AvgIpc) is 3.07. The van der Waals surface area contributed by atoms with Crippen LogP contribution in [-0.4, -0.2) is 48.8 Å². The van der Waals surface area contributed by atoms with Gasteiger partial charge in [0.05, 0.1) is 23.3 Å². The molecule has 1 aliphatic heterocycles. The lowest BCUT2D eigenvalue weighted by Crippen LogP contribution is -2.30. The molecule has 0 amide bonds. The fraction of sp³-hybridized carbons (Fsp3) is 0.333. The number of imidazole rings is 1. The van der Waals surface area contributed by atoms with E-state index in [9.17, 15) is 4.79 Å². The highest BCUT2D eigenvalue weighted by Gasteiger charge is 2.20. The van der Waals surface area contributed by atoms with E-state index in [1.54, 1.807) is 16.7 Å². The number of pyridine rings is 1. The van der Waals surface area contributed by atoms with E-state index in [1.807, 2.05) is 42.0 Å². The first-order chi connectivity index (χ1) is 13.6. The lowest BCUT2D eigenvalue weighted by molar-refractivity contribution is 0.253. The monoisotopic (exact) mass is 374 g/mol. The molecule has 1 aliphatic rings. The molecule has 142 valence electrons. The van der Waals surface area contributed by atoms with Crippen molar-refractivity contribution in [1.29, 1.82) is 0 Å². The summed E-state index contributed by atoms with van der Waals surface area (Å²) in [7, 11) is 2.14. The Morgan fingerprint density at radius 1 is 1.04 bits per heavy atom. The Bertz CT molecular complexity index is 1230. The number of piperidine rings is 1. The van der Waals surface area contributed by atoms with Gasteiger partial charge in [-0.25, -0.2) is 9.97 Å². The van der Waals surface area contributed by atoms with E-state index >= 15 is 0 Å². The summed E-state index contributed by atoms with van der Waals surface area (Å²) in [5.74, 6) is 0.402. The van der Waals surface area contributed by atoms with Crippen LogP contribution in [0.1, 0.15) is 30.1 Å². The second kappa shape index (κ2) is 6.53. The van der Waals surface area contributed by atoms with Gasteiger partial charge in [-0.05, 0) is 52.0 Å². The van der Waals surface area contributed by atoms with Crippen molar-refractivity contribution in [3.8, 4) is 11.3 Å². The Labute approximate surface area is 162 Å². The summed E-state index contributed by atoms with van der Waals surface area (Å²) in [5.41, 5.74) is 4.82. The van der Waals surface area contributed by atoms with Gasteiger partial charge in [-0.1, -0.05) is 0 Å². The first-order valence-electron chi connectivity index (χ1n) is 9.60. The first kappa shape index (κ1) is 17.1. The SMILES string of the molecule is Cc1cn2cc(-c3cc(=O)n4cc(C5CCN(C)CC5)ncc4n3)ccc2n1. The summed E-state index contributed by atoms with van der Waals surface area (Å²) in [6.07, 6.45) is 9.64. The molecule has 5 heterocycles. The molecule has 4 aromatic heterocycles. The van der Waals surface area contributed by atoms with Crippen LogP contribution in [0.2, 0.25) is 0 Å². The fourth-order valence-corrected chi connectivity index (χ4v) is 3.96. The van der Waals surface area contributed by atoms with Crippen LogP contribution in [0.4, 0.5) is 0 Å². The van der Waals surface area contributed by atoms with Gasteiger partial charge in [0.1, 0.15) is 5.65 Å². The van der Waals surface area contributed by atoms with Gasteiger partial charge in [0.25, 0.3) is 5.56 Å². The molecule has 0 bridgehead atoms. The maximum atomic E-state index is 12.8. The Hall–Kier alpha value is -3.06. The number of aromatic nitrogens is 5. The summed E-state index contributed by atoms with van der Waals surface area (Å²) in [5, 5.41) is 0. The molecule has 0 aromatic carbocycles. The number of aryl methyl sites for hydroxylation is 1. The van der Waals surface area contributed by atoms with Crippen LogP contribution in [0.5, 0.6) is 0 Å². The number of nitrogens with zero attached hydrogens (tertiary/aromatic N) is 6. The standard InChI is InChI=1S/C21H22N6O/c1-14-11-26-12-16(3-4-19(26)23-14)17-9-21(28)27-13-18(22-10-20(27)24-17)15-5-7-25(2)8-6-15/h3-4,9-13,15H,5-8H2,1-2H3. The van der Waals surface area contributed by atoms with Crippen molar-refractivity contribution in [3.05, 3.63) is 64.7 Å². The van der Waals surface area contributed by atoms with Crippen LogP contribution in [-0.2, 0) is 0 Å². The molecular weight excluding hydrogens is 352 g/mol. The van der Waals surface area contributed by atoms with Crippen LogP contribution in [0.25, 0.3) is 22.6 Å². The van der Waals surface area contributed by atoms with E-state index in [1.165, 1.54) is 0 Å². The van der Waals surface area contributed by atoms with Crippen LogP contribution < -0.4 is 5.56 Å². The molecule has 28 heavy (non-hydrogen) atoms. The van der Waals surface area contributed by atoms with Crippen molar-refractivity contribution in [1.82, 2.24) is 28.7 Å². The zero-order chi connectivity index (χ0) is 19.3. The molecule has 5 rings (SSSR count). The van der Waals surface area contributed by atoms with E-state index in [2.05, 4.69) is 26.9 Å². The highest BCUT2D eigenvalue weighted by Crippen LogP contribution is 2.26. The number of likely N-dealkylation sites (tertiary alicyclic amines) is 1.